The fourth-order valence-electron chi connectivity index (χ4n) is 3.22. The summed E-state index contributed by atoms with van der Waals surface area (Å²) < 4.78 is 0. The Morgan fingerprint density at radius 2 is 2.10 bits per heavy atom. The van der Waals surface area contributed by atoms with Crippen molar-refractivity contribution in [3.63, 3.8) is 0 Å². The first-order valence-electron chi connectivity index (χ1n) is 7.31. The predicted molar refractivity (Wildman–Crippen MR) is 79.4 cm³/mol. The highest BCUT2D eigenvalue weighted by atomic mass is 15.2. The molecular formula is C16H22N4. The first kappa shape index (κ1) is 13.3. The molecule has 1 aromatic heterocycles. The van der Waals surface area contributed by atoms with E-state index in [1.165, 1.54) is 18.4 Å². The number of benzene rings is 1. The van der Waals surface area contributed by atoms with E-state index in [4.69, 9.17) is 0 Å². The molecule has 1 fully saturated rings. The molecule has 0 radical (unpaired) electrons. The SMILES string of the molecule is Cc1nc(CN2CCCC(C)(c3ccccc3)C2)n[nH]1. The van der Waals surface area contributed by atoms with Crippen LogP contribution in [-0.4, -0.2) is 33.2 Å². The number of rotatable bonds is 3. The van der Waals surface area contributed by atoms with E-state index in [-0.39, 0.29) is 5.41 Å². The van der Waals surface area contributed by atoms with Crippen LogP contribution in [0.2, 0.25) is 0 Å². The number of hydrogen-bond donors (Lipinski definition) is 1. The van der Waals surface area contributed by atoms with Gasteiger partial charge in [-0.15, -0.1) is 0 Å². The highest BCUT2D eigenvalue weighted by Crippen LogP contribution is 2.33. The van der Waals surface area contributed by atoms with E-state index >= 15 is 0 Å². The second kappa shape index (κ2) is 5.37. The van der Waals surface area contributed by atoms with Crippen molar-refractivity contribution in [3.05, 3.63) is 47.5 Å². The van der Waals surface area contributed by atoms with Crippen LogP contribution in [0.25, 0.3) is 0 Å². The van der Waals surface area contributed by atoms with Crippen molar-refractivity contribution in [2.45, 2.75) is 38.6 Å². The van der Waals surface area contributed by atoms with E-state index in [1.54, 1.807) is 0 Å². The van der Waals surface area contributed by atoms with E-state index in [2.05, 4.69) is 57.3 Å². The Morgan fingerprint density at radius 3 is 2.80 bits per heavy atom. The minimum atomic E-state index is 0.241. The Bertz CT molecular complexity index is 563. The summed E-state index contributed by atoms with van der Waals surface area (Å²) in [5.74, 6) is 1.79. The third-order valence-corrected chi connectivity index (χ3v) is 4.25. The van der Waals surface area contributed by atoms with Gasteiger partial charge < -0.3 is 0 Å². The summed E-state index contributed by atoms with van der Waals surface area (Å²) in [7, 11) is 0. The van der Waals surface area contributed by atoms with Gasteiger partial charge in [-0.25, -0.2) is 4.98 Å². The van der Waals surface area contributed by atoms with Crippen molar-refractivity contribution in [1.82, 2.24) is 20.1 Å². The number of aromatic nitrogens is 3. The summed E-state index contributed by atoms with van der Waals surface area (Å²) in [6.45, 7) is 7.37. The molecule has 2 aromatic rings. The van der Waals surface area contributed by atoms with Gasteiger partial charge in [-0.1, -0.05) is 37.3 Å². The van der Waals surface area contributed by atoms with Crippen molar-refractivity contribution in [3.8, 4) is 0 Å². The van der Waals surface area contributed by atoms with Crippen molar-refractivity contribution in [2.75, 3.05) is 13.1 Å². The largest absolute Gasteiger partial charge is 0.295 e. The summed E-state index contributed by atoms with van der Waals surface area (Å²) in [6.07, 6.45) is 2.48. The molecule has 20 heavy (non-hydrogen) atoms. The number of nitrogens with zero attached hydrogens (tertiary/aromatic N) is 3. The maximum atomic E-state index is 4.42. The second-order valence-corrected chi connectivity index (χ2v) is 6.08. The molecular weight excluding hydrogens is 248 g/mol. The average Bonchev–Trinajstić information content (AvgIpc) is 2.85. The molecule has 0 bridgehead atoms. The number of aryl methyl sites for hydroxylation is 1. The lowest BCUT2D eigenvalue weighted by Gasteiger charge is -2.40. The van der Waals surface area contributed by atoms with E-state index in [0.717, 1.165) is 31.3 Å². The number of H-pyrrole nitrogens is 1. The van der Waals surface area contributed by atoms with Crippen LogP contribution in [0.15, 0.2) is 30.3 Å². The first-order valence-corrected chi connectivity index (χ1v) is 7.31. The molecule has 0 aliphatic carbocycles. The zero-order valence-corrected chi connectivity index (χ0v) is 12.3. The van der Waals surface area contributed by atoms with Crippen LogP contribution in [0.1, 0.15) is 37.0 Å². The topological polar surface area (TPSA) is 44.8 Å². The molecule has 1 aromatic carbocycles. The van der Waals surface area contributed by atoms with Crippen molar-refractivity contribution < 1.29 is 0 Å². The van der Waals surface area contributed by atoms with E-state index in [1.807, 2.05) is 6.92 Å². The third-order valence-electron chi connectivity index (χ3n) is 4.25. The fourth-order valence-corrected chi connectivity index (χ4v) is 3.22. The van der Waals surface area contributed by atoms with Gasteiger partial charge in [-0.05, 0) is 31.9 Å². The van der Waals surface area contributed by atoms with Crippen LogP contribution in [0, 0.1) is 6.92 Å². The average molecular weight is 270 g/mol. The minimum Gasteiger partial charge on any atom is -0.295 e. The summed E-state index contributed by atoms with van der Waals surface area (Å²) in [5, 5.41) is 7.18. The molecule has 1 N–H and O–H groups in total. The molecule has 4 nitrogen and oxygen atoms in total. The second-order valence-electron chi connectivity index (χ2n) is 6.08. The van der Waals surface area contributed by atoms with Crippen LogP contribution >= 0.6 is 0 Å². The number of hydrogen-bond acceptors (Lipinski definition) is 3. The molecule has 4 heteroatoms. The molecule has 1 unspecified atom stereocenters. The van der Waals surface area contributed by atoms with Gasteiger partial charge in [0.1, 0.15) is 5.82 Å². The summed E-state index contributed by atoms with van der Waals surface area (Å²) in [6, 6.07) is 10.9. The lowest BCUT2D eigenvalue weighted by atomic mass is 9.76. The van der Waals surface area contributed by atoms with Gasteiger partial charge in [0, 0.05) is 12.0 Å². The quantitative estimate of drug-likeness (QED) is 0.932. The molecule has 3 rings (SSSR count). The normalized spacial score (nSPS) is 23.9. The third kappa shape index (κ3) is 2.75. The van der Waals surface area contributed by atoms with E-state index < -0.39 is 0 Å². The summed E-state index contributed by atoms with van der Waals surface area (Å²) in [5.41, 5.74) is 1.68. The maximum absolute atomic E-state index is 4.42. The van der Waals surface area contributed by atoms with Crippen LogP contribution in [0.4, 0.5) is 0 Å². The molecule has 0 saturated carbocycles. The van der Waals surface area contributed by atoms with E-state index in [9.17, 15) is 0 Å². The molecule has 0 spiro atoms. The Morgan fingerprint density at radius 1 is 1.30 bits per heavy atom. The van der Waals surface area contributed by atoms with Gasteiger partial charge in [-0.2, -0.15) is 5.10 Å². The van der Waals surface area contributed by atoms with Gasteiger partial charge in [0.05, 0.1) is 6.54 Å². The van der Waals surface area contributed by atoms with Crippen molar-refractivity contribution >= 4 is 0 Å². The Kier molecular flexibility index (Phi) is 3.57. The monoisotopic (exact) mass is 270 g/mol. The number of likely N-dealkylation sites (tertiary alicyclic amines) is 1. The number of nitrogens with one attached hydrogen (secondary N) is 1. The Hall–Kier alpha value is -1.68. The molecule has 0 amide bonds. The highest BCUT2D eigenvalue weighted by Gasteiger charge is 2.32. The smallest absolute Gasteiger partial charge is 0.164 e. The van der Waals surface area contributed by atoms with Crippen LogP contribution in [0.5, 0.6) is 0 Å². The molecule has 1 atom stereocenters. The minimum absolute atomic E-state index is 0.241. The Labute approximate surface area is 120 Å². The lowest BCUT2D eigenvalue weighted by Crippen LogP contribution is -2.44. The zero-order valence-electron chi connectivity index (χ0n) is 12.3. The van der Waals surface area contributed by atoms with Gasteiger partial charge in [-0.3, -0.25) is 10.00 Å². The van der Waals surface area contributed by atoms with Gasteiger partial charge >= 0.3 is 0 Å². The van der Waals surface area contributed by atoms with Crippen LogP contribution in [0.3, 0.4) is 0 Å². The number of piperidine rings is 1. The molecule has 2 heterocycles. The zero-order chi connectivity index (χ0) is 14.0. The number of aromatic amines is 1. The van der Waals surface area contributed by atoms with Gasteiger partial charge in [0.15, 0.2) is 5.82 Å². The summed E-state index contributed by atoms with van der Waals surface area (Å²) >= 11 is 0. The fraction of sp³-hybridized carbons (Fsp3) is 0.500. The molecule has 106 valence electrons. The standard InChI is InChI=1S/C16H22N4/c1-13-17-15(19-18-13)11-20-10-6-9-16(2,12-20)14-7-4-3-5-8-14/h3-5,7-8H,6,9-12H2,1-2H3,(H,17,18,19). The van der Waals surface area contributed by atoms with Crippen LogP contribution in [-0.2, 0) is 12.0 Å². The lowest BCUT2D eigenvalue weighted by molar-refractivity contribution is 0.147. The van der Waals surface area contributed by atoms with E-state index in [0.29, 0.717) is 0 Å². The molecule has 1 aliphatic heterocycles. The molecule has 1 saturated heterocycles. The van der Waals surface area contributed by atoms with Crippen molar-refractivity contribution in [2.24, 2.45) is 0 Å². The van der Waals surface area contributed by atoms with Gasteiger partial charge in [0.25, 0.3) is 0 Å². The predicted octanol–water partition coefficient (Wildman–Crippen LogP) is 2.67. The van der Waals surface area contributed by atoms with Crippen LogP contribution < -0.4 is 0 Å². The van der Waals surface area contributed by atoms with Gasteiger partial charge in [0.2, 0.25) is 0 Å². The van der Waals surface area contributed by atoms with Crippen molar-refractivity contribution in [1.29, 1.82) is 0 Å². The summed E-state index contributed by atoms with van der Waals surface area (Å²) in [4.78, 5) is 6.89. The maximum Gasteiger partial charge on any atom is 0.164 e. The first-order chi connectivity index (χ1) is 9.66. The molecule has 1 aliphatic rings. The highest BCUT2D eigenvalue weighted by molar-refractivity contribution is 5.25. The Balaban J connectivity index is 1.73.